The van der Waals surface area contributed by atoms with E-state index >= 15 is 0 Å². The summed E-state index contributed by atoms with van der Waals surface area (Å²) in [6.45, 7) is 3.89. The third kappa shape index (κ3) is 2.79. The molecule has 0 spiro atoms. The summed E-state index contributed by atoms with van der Waals surface area (Å²) < 4.78 is 1.82. The van der Waals surface area contributed by atoms with Crippen LogP contribution in [0.5, 0.6) is 0 Å². The highest BCUT2D eigenvalue weighted by Gasteiger charge is 2.24. The van der Waals surface area contributed by atoms with Gasteiger partial charge in [0, 0.05) is 18.2 Å². The Balaban J connectivity index is 2.83. The van der Waals surface area contributed by atoms with Gasteiger partial charge in [0.25, 0.3) is 0 Å². The van der Waals surface area contributed by atoms with Crippen LogP contribution >= 0.6 is 0 Å². The Kier molecular flexibility index (Phi) is 3.88. The molecule has 0 bridgehead atoms. The molecule has 2 N–H and O–H groups in total. The Bertz CT molecular complexity index is 316. The lowest BCUT2D eigenvalue weighted by Crippen LogP contribution is -2.29. The Morgan fingerprint density at radius 3 is 2.40 bits per heavy atom. The fourth-order valence-electron chi connectivity index (χ4n) is 1.51. The van der Waals surface area contributed by atoms with E-state index in [1.54, 1.807) is 0 Å². The first-order valence-electron chi connectivity index (χ1n) is 5.28. The third-order valence-corrected chi connectivity index (χ3v) is 2.76. The van der Waals surface area contributed by atoms with Gasteiger partial charge in [0.15, 0.2) is 0 Å². The third-order valence-electron chi connectivity index (χ3n) is 2.76. The average molecular weight is 212 g/mol. The van der Waals surface area contributed by atoms with E-state index in [0.29, 0.717) is 6.42 Å². The number of aliphatic hydroxyl groups is 2. The Morgan fingerprint density at radius 2 is 2.00 bits per heavy atom. The van der Waals surface area contributed by atoms with Gasteiger partial charge in [-0.3, -0.25) is 4.68 Å². The maximum atomic E-state index is 9.21. The molecule has 1 heterocycles. The molecule has 4 nitrogen and oxygen atoms in total. The van der Waals surface area contributed by atoms with Crippen LogP contribution in [0.4, 0.5) is 0 Å². The minimum atomic E-state index is -0.460. The van der Waals surface area contributed by atoms with Crippen molar-refractivity contribution < 1.29 is 10.2 Å². The van der Waals surface area contributed by atoms with Crippen molar-refractivity contribution >= 4 is 0 Å². The van der Waals surface area contributed by atoms with E-state index in [2.05, 4.69) is 12.0 Å². The molecule has 0 aromatic carbocycles. The van der Waals surface area contributed by atoms with Gasteiger partial charge in [-0.05, 0) is 18.9 Å². The fourth-order valence-corrected chi connectivity index (χ4v) is 1.51. The van der Waals surface area contributed by atoms with E-state index in [4.69, 9.17) is 0 Å². The zero-order chi connectivity index (χ0) is 11.5. The Hall–Kier alpha value is -0.870. The number of hydrogen-bond acceptors (Lipinski definition) is 3. The van der Waals surface area contributed by atoms with Gasteiger partial charge >= 0.3 is 0 Å². The van der Waals surface area contributed by atoms with Crippen LogP contribution < -0.4 is 0 Å². The molecule has 0 aliphatic carbocycles. The summed E-state index contributed by atoms with van der Waals surface area (Å²) >= 11 is 0. The SMILES string of the molecule is CCc1cc(CC(C)(CO)CO)n(C)n1. The van der Waals surface area contributed by atoms with Crippen molar-refractivity contribution in [2.75, 3.05) is 13.2 Å². The van der Waals surface area contributed by atoms with Gasteiger partial charge in [-0.25, -0.2) is 0 Å². The van der Waals surface area contributed by atoms with Gasteiger partial charge in [0.1, 0.15) is 0 Å². The molecule has 0 unspecified atom stereocenters. The van der Waals surface area contributed by atoms with E-state index in [-0.39, 0.29) is 13.2 Å². The summed E-state index contributed by atoms with van der Waals surface area (Å²) in [5, 5.41) is 22.8. The van der Waals surface area contributed by atoms with Crippen molar-refractivity contribution in [3.63, 3.8) is 0 Å². The first kappa shape index (κ1) is 12.2. The summed E-state index contributed by atoms with van der Waals surface area (Å²) in [7, 11) is 1.89. The molecule has 0 saturated heterocycles. The lowest BCUT2D eigenvalue weighted by atomic mass is 9.87. The van der Waals surface area contributed by atoms with Crippen LogP contribution in [0.15, 0.2) is 6.07 Å². The maximum Gasteiger partial charge on any atom is 0.0624 e. The number of aryl methyl sites for hydroxylation is 2. The molecule has 1 rings (SSSR count). The first-order valence-corrected chi connectivity index (χ1v) is 5.28. The van der Waals surface area contributed by atoms with Crippen LogP contribution in [0.2, 0.25) is 0 Å². The number of aliphatic hydroxyl groups excluding tert-OH is 2. The van der Waals surface area contributed by atoms with Crippen molar-refractivity contribution in [3.8, 4) is 0 Å². The number of hydrogen-bond donors (Lipinski definition) is 2. The summed E-state index contributed by atoms with van der Waals surface area (Å²) in [5.74, 6) is 0. The van der Waals surface area contributed by atoms with Gasteiger partial charge in [0.05, 0.1) is 18.9 Å². The number of aromatic nitrogens is 2. The molecule has 0 atom stereocenters. The molecule has 0 radical (unpaired) electrons. The van der Waals surface area contributed by atoms with Crippen LogP contribution in [-0.2, 0) is 19.9 Å². The summed E-state index contributed by atoms with van der Waals surface area (Å²) in [5.41, 5.74) is 1.64. The summed E-state index contributed by atoms with van der Waals surface area (Å²) in [4.78, 5) is 0. The number of nitrogens with zero attached hydrogens (tertiary/aromatic N) is 2. The van der Waals surface area contributed by atoms with Crippen molar-refractivity contribution in [2.45, 2.75) is 26.7 Å². The highest BCUT2D eigenvalue weighted by atomic mass is 16.3. The molecular weight excluding hydrogens is 192 g/mol. The number of rotatable bonds is 5. The van der Waals surface area contributed by atoms with E-state index in [1.807, 2.05) is 24.7 Å². The highest BCUT2D eigenvalue weighted by molar-refractivity contribution is 5.12. The highest BCUT2D eigenvalue weighted by Crippen LogP contribution is 2.21. The smallest absolute Gasteiger partial charge is 0.0624 e. The van der Waals surface area contributed by atoms with Gasteiger partial charge in [0.2, 0.25) is 0 Å². The minimum absolute atomic E-state index is 0.0177. The van der Waals surface area contributed by atoms with Gasteiger partial charge in [-0.15, -0.1) is 0 Å². The van der Waals surface area contributed by atoms with Crippen molar-refractivity contribution in [2.24, 2.45) is 12.5 Å². The fraction of sp³-hybridized carbons (Fsp3) is 0.727. The lowest BCUT2D eigenvalue weighted by Gasteiger charge is -2.24. The molecule has 4 heteroatoms. The standard InChI is InChI=1S/C11H20N2O2/c1-4-9-5-10(13(3)12-9)6-11(2,7-14)8-15/h5,14-15H,4,6-8H2,1-3H3. The topological polar surface area (TPSA) is 58.3 Å². The van der Waals surface area contributed by atoms with E-state index in [9.17, 15) is 10.2 Å². The van der Waals surface area contributed by atoms with Crippen LogP contribution in [0.25, 0.3) is 0 Å². The van der Waals surface area contributed by atoms with E-state index in [0.717, 1.165) is 17.8 Å². The molecule has 1 aromatic rings. The second-order valence-corrected chi connectivity index (χ2v) is 4.41. The normalized spacial score (nSPS) is 12.1. The van der Waals surface area contributed by atoms with Gasteiger partial charge in [-0.2, -0.15) is 5.10 Å². The zero-order valence-electron chi connectivity index (χ0n) is 9.69. The van der Waals surface area contributed by atoms with Crippen molar-refractivity contribution in [3.05, 3.63) is 17.5 Å². The van der Waals surface area contributed by atoms with Gasteiger partial charge < -0.3 is 10.2 Å². The average Bonchev–Trinajstić information content (AvgIpc) is 2.59. The van der Waals surface area contributed by atoms with Gasteiger partial charge in [-0.1, -0.05) is 13.8 Å². The maximum absolute atomic E-state index is 9.21. The van der Waals surface area contributed by atoms with E-state index < -0.39 is 5.41 Å². The van der Waals surface area contributed by atoms with Crippen molar-refractivity contribution in [1.29, 1.82) is 0 Å². The zero-order valence-corrected chi connectivity index (χ0v) is 9.69. The quantitative estimate of drug-likeness (QED) is 0.748. The van der Waals surface area contributed by atoms with Crippen LogP contribution in [-0.4, -0.2) is 33.2 Å². The lowest BCUT2D eigenvalue weighted by molar-refractivity contribution is 0.0688. The Morgan fingerprint density at radius 1 is 1.40 bits per heavy atom. The second kappa shape index (κ2) is 4.77. The van der Waals surface area contributed by atoms with Crippen LogP contribution in [0.3, 0.4) is 0 Å². The monoisotopic (exact) mass is 212 g/mol. The molecule has 1 aromatic heterocycles. The Labute approximate surface area is 90.5 Å². The van der Waals surface area contributed by atoms with Crippen molar-refractivity contribution in [1.82, 2.24) is 9.78 Å². The predicted molar refractivity (Wildman–Crippen MR) is 58.6 cm³/mol. The molecule has 0 aliphatic heterocycles. The minimum Gasteiger partial charge on any atom is -0.396 e. The molecule has 0 saturated carbocycles. The summed E-state index contributed by atoms with van der Waals surface area (Å²) in [6.07, 6.45) is 1.55. The molecule has 15 heavy (non-hydrogen) atoms. The van der Waals surface area contributed by atoms with E-state index in [1.165, 1.54) is 0 Å². The second-order valence-electron chi connectivity index (χ2n) is 4.41. The molecular formula is C11H20N2O2. The molecule has 0 aliphatic rings. The molecule has 0 amide bonds. The largest absolute Gasteiger partial charge is 0.396 e. The predicted octanol–water partition coefficient (Wildman–Crippen LogP) is 0.516. The summed E-state index contributed by atoms with van der Waals surface area (Å²) in [6, 6.07) is 2.03. The van der Waals surface area contributed by atoms with Crippen LogP contribution in [0.1, 0.15) is 25.2 Å². The van der Waals surface area contributed by atoms with Crippen LogP contribution in [0, 0.1) is 5.41 Å². The molecule has 86 valence electrons. The molecule has 0 fully saturated rings. The first-order chi connectivity index (χ1) is 7.04.